The first-order valence-electron chi connectivity index (χ1n) is 8.70. The van der Waals surface area contributed by atoms with E-state index in [-0.39, 0.29) is 0 Å². The van der Waals surface area contributed by atoms with Gasteiger partial charge >= 0.3 is 0 Å². The fourth-order valence-electron chi connectivity index (χ4n) is 2.80. The van der Waals surface area contributed by atoms with E-state index in [2.05, 4.69) is 60.4 Å². The van der Waals surface area contributed by atoms with E-state index >= 15 is 0 Å². The van der Waals surface area contributed by atoms with Crippen molar-refractivity contribution in [3.05, 3.63) is 30.1 Å². The SMILES string of the molecule is CCNC(=NCc1ccccn1)NCC(C(CC)CC)N(C)C. The van der Waals surface area contributed by atoms with Crippen LogP contribution in [0.4, 0.5) is 0 Å². The quantitative estimate of drug-likeness (QED) is 0.542. The molecule has 1 heterocycles. The monoisotopic (exact) mass is 319 g/mol. The lowest BCUT2D eigenvalue weighted by molar-refractivity contribution is 0.200. The largest absolute Gasteiger partial charge is 0.357 e. The highest BCUT2D eigenvalue weighted by molar-refractivity contribution is 5.79. The van der Waals surface area contributed by atoms with Crippen LogP contribution in [0.3, 0.4) is 0 Å². The van der Waals surface area contributed by atoms with E-state index < -0.39 is 0 Å². The molecule has 1 aromatic heterocycles. The number of nitrogens with zero attached hydrogens (tertiary/aromatic N) is 3. The summed E-state index contributed by atoms with van der Waals surface area (Å²) in [6, 6.07) is 6.42. The highest BCUT2D eigenvalue weighted by Gasteiger charge is 2.20. The van der Waals surface area contributed by atoms with Gasteiger partial charge in [-0.3, -0.25) is 4.98 Å². The van der Waals surface area contributed by atoms with Gasteiger partial charge in [-0.05, 0) is 39.1 Å². The lowest BCUT2D eigenvalue weighted by atomic mass is 9.93. The van der Waals surface area contributed by atoms with Gasteiger partial charge in [-0.2, -0.15) is 0 Å². The van der Waals surface area contributed by atoms with Crippen LogP contribution in [0.25, 0.3) is 0 Å². The maximum Gasteiger partial charge on any atom is 0.191 e. The lowest BCUT2D eigenvalue weighted by Gasteiger charge is -2.32. The van der Waals surface area contributed by atoms with Gasteiger partial charge in [0.1, 0.15) is 0 Å². The maximum absolute atomic E-state index is 4.64. The molecule has 0 aliphatic heterocycles. The molecule has 23 heavy (non-hydrogen) atoms. The van der Waals surface area contributed by atoms with Gasteiger partial charge in [0, 0.05) is 25.3 Å². The highest BCUT2D eigenvalue weighted by atomic mass is 15.2. The first-order chi connectivity index (χ1) is 11.1. The molecule has 0 aliphatic rings. The van der Waals surface area contributed by atoms with E-state index in [0.29, 0.717) is 18.5 Å². The van der Waals surface area contributed by atoms with Crippen LogP contribution >= 0.6 is 0 Å². The molecule has 1 aromatic rings. The van der Waals surface area contributed by atoms with Crippen molar-refractivity contribution in [1.82, 2.24) is 20.5 Å². The molecule has 0 fully saturated rings. The van der Waals surface area contributed by atoms with Crippen molar-refractivity contribution in [2.24, 2.45) is 10.9 Å². The first-order valence-corrected chi connectivity index (χ1v) is 8.70. The highest BCUT2D eigenvalue weighted by Crippen LogP contribution is 2.16. The van der Waals surface area contributed by atoms with Crippen LogP contribution in [-0.2, 0) is 6.54 Å². The molecule has 1 unspecified atom stereocenters. The van der Waals surface area contributed by atoms with E-state index in [1.54, 1.807) is 6.20 Å². The number of rotatable bonds is 9. The van der Waals surface area contributed by atoms with Crippen molar-refractivity contribution in [2.75, 3.05) is 27.2 Å². The molecular weight excluding hydrogens is 286 g/mol. The number of hydrogen-bond acceptors (Lipinski definition) is 3. The van der Waals surface area contributed by atoms with Gasteiger partial charge in [-0.25, -0.2) is 4.99 Å². The Balaban J connectivity index is 2.66. The summed E-state index contributed by atoms with van der Waals surface area (Å²) >= 11 is 0. The average molecular weight is 319 g/mol. The van der Waals surface area contributed by atoms with Gasteiger partial charge < -0.3 is 15.5 Å². The third-order valence-corrected chi connectivity index (χ3v) is 4.20. The molecule has 1 rings (SSSR count). The van der Waals surface area contributed by atoms with Crippen LogP contribution in [0, 0.1) is 5.92 Å². The van der Waals surface area contributed by atoms with Gasteiger partial charge in [-0.15, -0.1) is 0 Å². The first kappa shape index (κ1) is 19.4. The topological polar surface area (TPSA) is 52.6 Å². The smallest absolute Gasteiger partial charge is 0.191 e. The normalized spacial score (nSPS) is 13.4. The summed E-state index contributed by atoms with van der Waals surface area (Å²) in [7, 11) is 4.31. The molecule has 0 saturated carbocycles. The second kappa shape index (κ2) is 11.0. The average Bonchev–Trinajstić information content (AvgIpc) is 2.56. The molecule has 130 valence electrons. The van der Waals surface area contributed by atoms with Gasteiger partial charge in [0.05, 0.1) is 12.2 Å². The fraction of sp³-hybridized carbons (Fsp3) is 0.667. The standard InChI is InChI=1S/C18H33N5/c1-6-15(7-2)17(23(4)5)14-22-18(19-8-3)21-13-16-11-9-10-12-20-16/h9-12,15,17H,6-8,13-14H2,1-5H3,(H2,19,21,22). The predicted molar refractivity (Wildman–Crippen MR) is 98.6 cm³/mol. The molecule has 5 nitrogen and oxygen atoms in total. The van der Waals surface area contributed by atoms with Crippen molar-refractivity contribution in [3.63, 3.8) is 0 Å². The van der Waals surface area contributed by atoms with Crippen LogP contribution in [-0.4, -0.2) is 49.1 Å². The van der Waals surface area contributed by atoms with E-state index in [1.807, 2.05) is 18.2 Å². The third kappa shape index (κ3) is 6.99. The number of guanidine groups is 1. The minimum Gasteiger partial charge on any atom is -0.357 e. The zero-order valence-corrected chi connectivity index (χ0v) is 15.3. The molecule has 0 spiro atoms. The number of nitrogens with one attached hydrogen (secondary N) is 2. The number of aliphatic imine (C=N–C) groups is 1. The Hall–Kier alpha value is -1.62. The summed E-state index contributed by atoms with van der Waals surface area (Å²) in [5.41, 5.74) is 0.980. The summed E-state index contributed by atoms with van der Waals surface area (Å²) in [6.45, 7) is 8.96. The molecule has 2 N–H and O–H groups in total. The van der Waals surface area contributed by atoms with Crippen LogP contribution in [0.1, 0.15) is 39.3 Å². The summed E-state index contributed by atoms with van der Waals surface area (Å²) in [6.07, 6.45) is 4.20. The Bertz CT molecular complexity index is 440. The zero-order chi connectivity index (χ0) is 17.1. The van der Waals surface area contributed by atoms with Crippen LogP contribution in [0.5, 0.6) is 0 Å². The Morgan fingerprint density at radius 3 is 2.43 bits per heavy atom. The van der Waals surface area contributed by atoms with Crippen molar-refractivity contribution in [1.29, 1.82) is 0 Å². The Labute approximate surface area is 141 Å². The Morgan fingerprint density at radius 2 is 1.91 bits per heavy atom. The second-order valence-electron chi connectivity index (χ2n) is 6.00. The van der Waals surface area contributed by atoms with E-state index in [0.717, 1.165) is 24.7 Å². The van der Waals surface area contributed by atoms with E-state index in [9.17, 15) is 0 Å². The maximum atomic E-state index is 4.64. The molecule has 0 saturated heterocycles. The van der Waals surface area contributed by atoms with Gasteiger partial charge in [0.2, 0.25) is 0 Å². The van der Waals surface area contributed by atoms with Gasteiger partial charge in [0.15, 0.2) is 5.96 Å². The lowest BCUT2D eigenvalue weighted by Crippen LogP contribution is -2.48. The Morgan fingerprint density at radius 1 is 1.17 bits per heavy atom. The third-order valence-electron chi connectivity index (χ3n) is 4.20. The zero-order valence-electron chi connectivity index (χ0n) is 15.3. The molecule has 0 radical (unpaired) electrons. The molecule has 1 atom stereocenters. The minimum atomic E-state index is 0.503. The Kier molecular flexibility index (Phi) is 9.29. The van der Waals surface area contributed by atoms with Crippen LogP contribution in [0.15, 0.2) is 29.4 Å². The second-order valence-corrected chi connectivity index (χ2v) is 6.00. The van der Waals surface area contributed by atoms with Crippen molar-refractivity contribution < 1.29 is 0 Å². The number of hydrogen-bond donors (Lipinski definition) is 2. The molecule has 0 bridgehead atoms. The van der Waals surface area contributed by atoms with Gasteiger partial charge in [0.25, 0.3) is 0 Å². The summed E-state index contributed by atoms with van der Waals surface area (Å²) in [5, 5.41) is 6.81. The summed E-state index contributed by atoms with van der Waals surface area (Å²) in [5.74, 6) is 1.55. The fourth-order valence-corrected chi connectivity index (χ4v) is 2.80. The minimum absolute atomic E-state index is 0.503. The summed E-state index contributed by atoms with van der Waals surface area (Å²) in [4.78, 5) is 11.3. The van der Waals surface area contributed by atoms with Crippen LogP contribution in [0.2, 0.25) is 0 Å². The number of likely N-dealkylation sites (N-methyl/N-ethyl adjacent to an activating group) is 1. The molecule has 0 aromatic carbocycles. The van der Waals surface area contributed by atoms with E-state index in [4.69, 9.17) is 0 Å². The molecule has 0 amide bonds. The summed E-state index contributed by atoms with van der Waals surface area (Å²) < 4.78 is 0. The molecule has 5 heteroatoms. The number of pyridine rings is 1. The molecular formula is C18H33N5. The number of aromatic nitrogens is 1. The van der Waals surface area contributed by atoms with Gasteiger partial charge in [-0.1, -0.05) is 32.8 Å². The van der Waals surface area contributed by atoms with Crippen molar-refractivity contribution in [3.8, 4) is 0 Å². The molecule has 0 aliphatic carbocycles. The predicted octanol–water partition coefficient (Wildman–Crippen LogP) is 2.50. The van der Waals surface area contributed by atoms with Crippen molar-refractivity contribution in [2.45, 2.75) is 46.2 Å². The van der Waals surface area contributed by atoms with E-state index in [1.165, 1.54) is 12.8 Å². The van der Waals surface area contributed by atoms with Crippen molar-refractivity contribution >= 4 is 5.96 Å². The van der Waals surface area contributed by atoms with Crippen LogP contribution < -0.4 is 10.6 Å².